The van der Waals surface area contributed by atoms with Crippen LogP contribution in [0.15, 0.2) is 18.2 Å². The molecule has 5 heteroatoms. The predicted molar refractivity (Wildman–Crippen MR) is 70.1 cm³/mol. The number of ether oxygens (including phenoxy) is 1. The SMILES string of the molecule is Cc1nc2cc(N)ccc2n1CC(=O)OC(C)C. The Labute approximate surface area is 106 Å². The second-order valence-corrected chi connectivity index (χ2v) is 4.53. The highest BCUT2D eigenvalue weighted by molar-refractivity contribution is 5.81. The zero-order valence-electron chi connectivity index (χ0n) is 10.8. The number of esters is 1. The average molecular weight is 247 g/mol. The zero-order chi connectivity index (χ0) is 13.3. The first kappa shape index (κ1) is 12.4. The highest BCUT2D eigenvalue weighted by Gasteiger charge is 2.12. The third-order valence-electron chi connectivity index (χ3n) is 2.62. The van der Waals surface area contributed by atoms with Crippen molar-refractivity contribution in [1.82, 2.24) is 9.55 Å². The first-order valence-corrected chi connectivity index (χ1v) is 5.89. The molecule has 2 rings (SSSR count). The molecule has 96 valence electrons. The van der Waals surface area contributed by atoms with E-state index in [9.17, 15) is 4.79 Å². The van der Waals surface area contributed by atoms with E-state index in [-0.39, 0.29) is 18.6 Å². The number of aryl methyl sites for hydroxylation is 1. The average Bonchev–Trinajstić information content (AvgIpc) is 2.53. The number of rotatable bonds is 3. The highest BCUT2D eigenvalue weighted by atomic mass is 16.5. The highest BCUT2D eigenvalue weighted by Crippen LogP contribution is 2.18. The summed E-state index contributed by atoms with van der Waals surface area (Å²) in [5.41, 5.74) is 8.06. The largest absolute Gasteiger partial charge is 0.462 e. The van der Waals surface area contributed by atoms with E-state index in [1.54, 1.807) is 12.1 Å². The number of aromatic nitrogens is 2. The van der Waals surface area contributed by atoms with E-state index in [1.165, 1.54) is 0 Å². The van der Waals surface area contributed by atoms with Crippen molar-refractivity contribution in [1.29, 1.82) is 0 Å². The molecule has 0 fully saturated rings. The number of hydrogen-bond acceptors (Lipinski definition) is 4. The Morgan fingerprint density at radius 3 is 2.89 bits per heavy atom. The van der Waals surface area contributed by atoms with Gasteiger partial charge in [0.1, 0.15) is 12.4 Å². The van der Waals surface area contributed by atoms with Gasteiger partial charge >= 0.3 is 5.97 Å². The molecule has 2 N–H and O–H groups in total. The van der Waals surface area contributed by atoms with E-state index >= 15 is 0 Å². The monoisotopic (exact) mass is 247 g/mol. The zero-order valence-corrected chi connectivity index (χ0v) is 10.8. The Morgan fingerprint density at radius 1 is 1.50 bits per heavy atom. The van der Waals surface area contributed by atoms with Gasteiger partial charge in [-0.1, -0.05) is 0 Å². The van der Waals surface area contributed by atoms with Crippen molar-refractivity contribution in [3.63, 3.8) is 0 Å². The van der Waals surface area contributed by atoms with Crippen LogP contribution in [-0.4, -0.2) is 21.6 Å². The van der Waals surface area contributed by atoms with E-state index in [1.807, 2.05) is 31.4 Å². The molecule has 0 saturated carbocycles. The van der Waals surface area contributed by atoms with E-state index in [4.69, 9.17) is 10.5 Å². The summed E-state index contributed by atoms with van der Waals surface area (Å²) in [4.78, 5) is 16.1. The van der Waals surface area contributed by atoms with E-state index in [0.717, 1.165) is 16.9 Å². The fourth-order valence-corrected chi connectivity index (χ4v) is 1.90. The van der Waals surface area contributed by atoms with Gasteiger partial charge in [-0.2, -0.15) is 0 Å². The maximum absolute atomic E-state index is 11.7. The molecule has 1 heterocycles. The number of nitrogens with two attached hydrogens (primary N) is 1. The lowest BCUT2D eigenvalue weighted by Gasteiger charge is -2.10. The molecule has 0 aliphatic carbocycles. The van der Waals surface area contributed by atoms with Crippen LogP contribution in [0.1, 0.15) is 19.7 Å². The van der Waals surface area contributed by atoms with Gasteiger partial charge in [0.05, 0.1) is 17.1 Å². The minimum Gasteiger partial charge on any atom is -0.462 e. The van der Waals surface area contributed by atoms with E-state index < -0.39 is 0 Å². The van der Waals surface area contributed by atoms with Gasteiger partial charge in [0, 0.05) is 5.69 Å². The molecular weight excluding hydrogens is 230 g/mol. The number of benzene rings is 1. The first-order valence-electron chi connectivity index (χ1n) is 5.89. The predicted octanol–water partition coefficient (Wildman–Crippen LogP) is 1.88. The quantitative estimate of drug-likeness (QED) is 0.664. The molecule has 0 unspecified atom stereocenters. The summed E-state index contributed by atoms with van der Waals surface area (Å²) in [6, 6.07) is 5.47. The molecule has 0 aliphatic heterocycles. The Morgan fingerprint density at radius 2 is 2.22 bits per heavy atom. The van der Waals surface area contributed by atoms with Crippen molar-refractivity contribution in [3.8, 4) is 0 Å². The first-order chi connectivity index (χ1) is 8.47. The number of nitrogens with zero attached hydrogens (tertiary/aromatic N) is 2. The van der Waals surface area contributed by atoms with Crippen molar-refractivity contribution in [2.45, 2.75) is 33.4 Å². The molecule has 0 spiro atoms. The molecule has 1 aromatic carbocycles. The van der Waals surface area contributed by atoms with Crippen molar-refractivity contribution in [2.75, 3.05) is 5.73 Å². The van der Waals surface area contributed by atoms with Crippen LogP contribution in [-0.2, 0) is 16.1 Å². The van der Waals surface area contributed by atoms with Gasteiger partial charge in [-0.3, -0.25) is 4.79 Å². The number of carbonyl (C=O) groups is 1. The molecule has 0 atom stereocenters. The second kappa shape index (κ2) is 4.68. The number of carbonyl (C=O) groups excluding carboxylic acids is 1. The second-order valence-electron chi connectivity index (χ2n) is 4.53. The van der Waals surface area contributed by atoms with Crippen LogP contribution in [0.3, 0.4) is 0 Å². The Hall–Kier alpha value is -2.04. The van der Waals surface area contributed by atoms with Gasteiger partial charge < -0.3 is 15.0 Å². The number of nitrogen functional groups attached to an aromatic ring is 1. The summed E-state index contributed by atoms with van der Waals surface area (Å²) in [5.74, 6) is 0.514. The maximum atomic E-state index is 11.7. The summed E-state index contributed by atoms with van der Waals surface area (Å²) >= 11 is 0. The van der Waals surface area contributed by atoms with Crippen LogP contribution in [0.4, 0.5) is 5.69 Å². The molecule has 0 saturated heterocycles. The topological polar surface area (TPSA) is 70.1 Å². The maximum Gasteiger partial charge on any atom is 0.326 e. The van der Waals surface area contributed by atoms with Crippen LogP contribution >= 0.6 is 0 Å². The van der Waals surface area contributed by atoms with E-state index in [2.05, 4.69) is 4.98 Å². The minimum atomic E-state index is -0.260. The summed E-state index contributed by atoms with van der Waals surface area (Å²) in [7, 11) is 0. The third kappa shape index (κ3) is 2.45. The van der Waals surface area contributed by atoms with Gasteiger partial charge in [-0.05, 0) is 39.0 Å². The van der Waals surface area contributed by atoms with Crippen LogP contribution in [0.2, 0.25) is 0 Å². The molecule has 0 aliphatic rings. The number of anilines is 1. The molecule has 0 radical (unpaired) electrons. The standard InChI is InChI=1S/C13H17N3O2/c1-8(2)18-13(17)7-16-9(3)15-11-6-10(14)4-5-12(11)16/h4-6,8H,7,14H2,1-3H3. The Balaban J connectivity index is 2.33. The summed E-state index contributed by atoms with van der Waals surface area (Å²) in [5, 5.41) is 0. The van der Waals surface area contributed by atoms with Gasteiger partial charge in [-0.25, -0.2) is 4.98 Å². The van der Waals surface area contributed by atoms with Gasteiger partial charge in [0.25, 0.3) is 0 Å². The fourth-order valence-electron chi connectivity index (χ4n) is 1.90. The minimum absolute atomic E-state index is 0.108. The summed E-state index contributed by atoms with van der Waals surface area (Å²) in [6.07, 6.45) is -0.108. The molecular formula is C13H17N3O2. The molecule has 0 bridgehead atoms. The van der Waals surface area contributed by atoms with Gasteiger partial charge in [0.15, 0.2) is 0 Å². The number of fused-ring (bicyclic) bond motifs is 1. The lowest BCUT2D eigenvalue weighted by atomic mass is 10.3. The summed E-state index contributed by atoms with van der Waals surface area (Å²) in [6.45, 7) is 5.69. The molecule has 18 heavy (non-hydrogen) atoms. The van der Waals surface area contributed by atoms with Crippen molar-refractivity contribution in [3.05, 3.63) is 24.0 Å². The normalized spacial score (nSPS) is 11.1. The molecule has 0 amide bonds. The number of imidazole rings is 1. The van der Waals surface area contributed by atoms with Crippen LogP contribution in [0.25, 0.3) is 11.0 Å². The van der Waals surface area contributed by atoms with Crippen molar-refractivity contribution >= 4 is 22.7 Å². The Kier molecular flexibility index (Phi) is 3.23. The van der Waals surface area contributed by atoms with Crippen molar-refractivity contribution < 1.29 is 9.53 Å². The Bertz CT molecular complexity index is 587. The number of hydrogen-bond donors (Lipinski definition) is 1. The smallest absolute Gasteiger partial charge is 0.326 e. The molecule has 5 nitrogen and oxygen atoms in total. The fraction of sp³-hybridized carbons (Fsp3) is 0.385. The molecule has 2 aromatic rings. The van der Waals surface area contributed by atoms with Crippen molar-refractivity contribution in [2.24, 2.45) is 0 Å². The lowest BCUT2D eigenvalue weighted by Crippen LogP contribution is -2.18. The molecule has 1 aromatic heterocycles. The summed E-state index contributed by atoms with van der Waals surface area (Å²) < 4.78 is 6.97. The van der Waals surface area contributed by atoms with Crippen LogP contribution < -0.4 is 5.73 Å². The van der Waals surface area contributed by atoms with Crippen LogP contribution in [0, 0.1) is 6.92 Å². The van der Waals surface area contributed by atoms with Gasteiger partial charge in [0.2, 0.25) is 0 Å². The third-order valence-corrected chi connectivity index (χ3v) is 2.62. The van der Waals surface area contributed by atoms with E-state index in [0.29, 0.717) is 5.69 Å². The van der Waals surface area contributed by atoms with Gasteiger partial charge in [-0.15, -0.1) is 0 Å². The lowest BCUT2D eigenvalue weighted by molar-refractivity contribution is -0.148. The van der Waals surface area contributed by atoms with Crippen LogP contribution in [0.5, 0.6) is 0 Å².